The van der Waals surface area contributed by atoms with Crippen LogP contribution in [0, 0.1) is 29.1 Å². The smallest absolute Gasteiger partial charge is 0.103 e. The average molecular weight is 346 g/mol. The molecule has 3 aliphatic rings. The Balaban J connectivity index is 1.59. The number of hydrogen-bond acceptors (Lipinski definition) is 3. The van der Waals surface area contributed by atoms with Crippen molar-refractivity contribution < 1.29 is 4.74 Å². The number of methoxy groups -OCH3 is 1. The predicted octanol–water partition coefficient (Wildman–Crippen LogP) is 2.93. The van der Waals surface area contributed by atoms with Gasteiger partial charge in [0.1, 0.15) is 5.84 Å². The zero-order chi connectivity index (χ0) is 17.9. The lowest BCUT2D eigenvalue weighted by Gasteiger charge is -2.43. The van der Waals surface area contributed by atoms with Crippen molar-refractivity contribution in [3.63, 3.8) is 0 Å². The fourth-order valence-electron chi connectivity index (χ4n) is 5.10. The van der Waals surface area contributed by atoms with E-state index < -0.39 is 0 Å². The molecule has 2 saturated heterocycles. The highest BCUT2D eigenvalue weighted by Gasteiger charge is 2.56. The van der Waals surface area contributed by atoms with Crippen LogP contribution in [-0.2, 0) is 4.74 Å². The molecule has 0 amide bonds. The van der Waals surface area contributed by atoms with Crippen LogP contribution < -0.4 is 5.32 Å². The molecule has 4 atom stereocenters. The fourth-order valence-corrected chi connectivity index (χ4v) is 5.10. The minimum absolute atomic E-state index is 0.257. The molecule has 1 spiro atoms. The third-order valence-electron chi connectivity index (χ3n) is 6.73. The molecule has 2 heterocycles. The Kier molecular flexibility index (Phi) is 6.07. The summed E-state index contributed by atoms with van der Waals surface area (Å²) in [6.07, 6.45) is 7.55. The molecule has 4 nitrogen and oxygen atoms in total. The Morgan fingerprint density at radius 3 is 2.76 bits per heavy atom. The van der Waals surface area contributed by atoms with Gasteiger partial charge < -0.3 is 10.1 Å². The first kappa shape index (κ1) is 18.7. The van der Waals surface area contributed by atoms with E-state index in [1.165, 1.54) is 44.5 Å². The lowest BCUT2D eigenvalue weighted by molar-refractivity contribution is 0.0491. The summed E-state index contributed by atoms with van der Waals surface area (Å²) in [5.74, 6) is 9.10. The van der Waals surface area contributed by atoms with E-state index in [-0.39, 0.29) is 5.41 Å². The summed E-state index contributed by atoms with van der Waals surface area (Å²) in [5, 5.41) is 3.73. The molecule has 0 radical (unpaired) electrons. The van der Waals surface area contributed by atoms with Crippen LogP contribution in [0.2, 0.25) is 0 Å². The van der Waals surface area contributed by atoms with Crippen LogP contribution in [0.15, 0.2) is 4.99 Å². The van der Waals surface area contributed by atoms with Crippen molar-refractivity contribution in [1.29, 1.82) is 0 Å². The van der Waals surface area contributed by atoms with Crippen LogP contribution in [0.4, 0.5) is 0 Å². The molecule has 3 fully saturated rings. The molecule has 1 saturated carbocycles. The van der Waals surface area contributed by atoms with Gasteiger partial charge >= 0.3 is 0 Å². The van der Waals surface area contributed by atoms with Gasteiger partial charge in [-0.1, -0.05) is 25.2 Å². The quantitative estimate of drug-likeness (QED) is 0.779. The van der Waals surface area contributed by atoms with E-state index in [0.717, 1.165) is 19.6 Å². The first-order chi connectivity index (χ1) is 12.1. The van der Waals surface area contributed by atoms with Crippen LogP contribution in [0.5, 0.6) is 0 Å². The summed E-state index contributed by atoms with van der Waals surface area (Å²) in [7, 11) is 3.75. The number of likely N-dealkylation sites (tertiary alicyclic amines) is 1. The molecule has 0 aromatic heterocycles. The van der Waals surface area contributed by atoms with Crippen molar-refractivity contribution >= 4 is 5.84 Å². The second kappa shape index (κ2) is 8.10. The molecular weight excluding hydrogens is 310 g/mol. The van der Waals surface area contributed by atoms with E-state index in [9.17, 15) is 0 Å². The molecular formula is C21H35N3O. The third kappa shape index (κ3) is 3.73. The molecule has 2 aliphatic heterocycles. The Morgan fingerprint density at radius 2 is 2.20 bits per heavy atom. The van der Waals surface area contributed by atoms with Gasteiger partial charge in [-0.2, -0.15) is 0 Å². The summed E-state index contributed by atoms with van der Waals surface area (Å²) < 4.78 is 5.58. The van der Waals surface area contributed by atoms with Crippen LogP contribution in [0.3, 0.4) is 0 Å². The van der Waals surface area contributed by atoms with E-state index in [1.807, 2.05) is 14.2 Å². The van der Waals surface area contributed by atoms with Crippen molar-refractivity contribution in [3.05, 3.63) is 0 Å². The third-order valence-corrected chi connectivity index (χ3v) is 6.73. The summed E-state index contributed by atoms with van der Waals surface area (Å²) in [5.41, 5.74) is 0.257. The highest BCUT2D eigenvalue weighted by Crippen LogP contribution is 2.53. The predicted molar refractivity (Wildman–Crippen MR) is 104 cm³/mol. The zero-order valence-corrected chi connectivity index (χ0v) is 16.5. The number of nitrogens with one attached hydrogen (secondary N) is 1. The van der Waals surface area contributed by atoms with Gasteiger partial charge in [-0.15, -0.1) is 0 Å². The largest absolute Gasteiger partial charge is 0.384 e. The first-order valence-electron chi connectivity index (χ1n) is 10.1. The Hall–Kier alpha value is -1.05. The standard InChI is InChI=1S/C21H35N3O/c1-16(8-5-12-24-13-6-9-17(24)2)14-19-18(15-25-4)21(10-7-11-21)20(22-3)23-19/h16-19H,6-7,9-15H2,1-4H3,(H,22,23)/t16?,17-,18?,19?/m0/s1. The van der Waals surface area contributed by atoms with Crippen LogP contribution in [0.25, 0.3) is 0 Å². The topological polar surface area (TPSA) is 36.9 Å². The van der Waals surface area contributed by atoms with Crippen LogP contribution >= 0.6 is 0 Å². The van der Waals surface area contributed by atoms with Gasteiger partial charge in [0, 0.05) is 43.5 Å². The maximum absolute atomic E-state index is 5.58. The maximum atomic E-state index is 5.58. The SMILES string of the molecule is CN=C1NC(CC(C)C#CCN2CCC[C@@H]2C)C(COC)C12CCC2. The van der Waals surface area contributed by atoms with Crippen molar-refractivity contribution in [1.82, 2.24) is 10.2 Å². The first-order valence-corrected chi connectivity index (χ1v) is 10.1. The van der Waals surface area contributed by atoms with Gasteiger partial charge in [0.15, 0.2) is 0 Å². The van der Waals surface area contributed by atoms with E-state index >= 15 is 0 Å². The summed E-state index contributed by atoms with van der Waals surface area (Å²) in [6, 6.07) is 1.14. The molecule has 0 aromatic carbocycles. The molecule has 1 N–H and O–H groups in total. The normalized spacial score (nSPS) is 33.8. The summed E-state index contributed by atoms with van der Waals surface area (Å²) >= 11 is 0. The molecule has 0 bridgehead atoms. The Labute approximate surface area is 153 Å². The van der Waals surface area contributed by atoms with Gasteiger partial charge in [-0.25, -0.2) is 0 Å². The lowest BCUT2D eigenvalue weighted by Crippen LogP contribution is -2.43. The van der Waals surface area contributed by atoms with E-state index in [2.05, 4.69) is 40.9 Å². The van der Waals surface area contributed by atoms with E-state index in [0.29, 0.717) is 23.9 Å². The average Bonchev–Trinajstić information content (AvgIpc) is 3.09. The minimum Gasteiger partial charge on any atom is -0.384 e. The number of aliphatic imine (C=N–C) groups is 1. The number of ether oxygens (including phenoxy) is 1. The molecule has 3 unspecified atom stereocenters. The van der Waals surface area contributed by atoms with Gasteiger partial charge in [0.2, 0.25) is 0 Å². The number of rotatable bonds is 5. The van der Waals surface area contributed by atoms with Gasteiger partial charge in [-0.3, -0.25) is 9.89 Å². The van der Waals surface area contributed by atoms with Crippen molar-refractivity contribution in [3.8, 4) is 11.8 Å². The van der Waals surface area contributed by atoms with Gasteiger partial charge in [0.25, 0.3) is 0 Å². The van der Waals surface area contributed by atoms with Crippen LogP contribution in [0.1, 0.15) is 52.4 Å². The minimum atomic E-state index is 0.257. The number of hydrogen-bond donors (Lipinski definition) is 1. The zero-order valence-electron chi connectivity index (χ0n) is 16.5. The number of nitrogens with zero attached hydrogens (tertiary/aromatic N) is 2. The molecule has 4 heteroatoms. The van der Waals surface area contributed by atoms with Gasteiger partial charge in [-0.05, 0) is 45.6 Å². The number of amidine groups is 1. The second-order valence-electron chi connectivity index (χ2n) is 8.31. The Morgan fingerprint density at radius 1 is 1.40 bits per heavy atom. The summed E-state index contributed by atoms with van der Waals surface area (Å²) in [4.78, 5) is 7.09. The highest BCUT2D eigenvalue weighted by atomic mass is 16.5. The monoisotopic (exact) mass is 345 g/mol. The van der Waals surface area contributed by atoms with Crippen LogP contribution in [-0.4, -0.2) is 56.7 Å². The molecule has 25 heavy (non-hydrogen) atoms. The maximum Gasteiger partial charge on any atom is 0.103 e. The van der Waals surface area contributed by atoms with E-state index in [1.54, 1.807) is 0 Å². The fraction of sp³-hybridized carbons (Fsp3) is 0.857. The summed E-state index contributed by atoms with van der Waals surface area (Å²) in [6.45, 7) is 7.54. The van der Waals surface area contributed by atoms with Crippen molar-refractivity contribution in [2.24, 2.45) is 22.2 Å². The van der Waals surface area contributed by atoms with Crippen molar-refractivity contribution in [2.75, 3.05) is 33.9 Å². The van der Waals surface area contributed by atoms with Gasteiger partial charge in [0.05, 0.1) is 13.2 Å². The lowest BCUT2D eigenvalue weighted by atomic mass is 9.60. The highest BCUT2D eigenvalue weighted by molar-refractivity contribution is 5.91. The Bertz CT molecular complexity index is 543. The molecule has 3 rings (SSSR count). The molecule has 1 aliphatic carbocycles. The van der Waals surface area contributed by atoms with Crippen molar-refractivity contribution in [2.45, 2.75) is 64.5 Å². The molecule has 0 aromatic rings. The molecule has 140 valence electrons. The van der Waals surface area contributed by atoms with E-state index in [4.69, 9.17) is 4.74 Å². The second-order valence-corrected chi connectivity index (χ2v) is 8.31.